The molecule has 0 aromatic heterocycles. The van der Waals surface area contributed by atoms with Crippen molar-refractivity contribution in [2.24, 2.45) is 0 Å². The zero-order chi connectivity index (χ0) is 11.5. The van der Waals surface area contributed by atoms with E-state index in [4.69, 9.17) is 9.47 Å². The van der Waals surface area contributed by atoms with Gasteiger partial charge in [0.1, 0.15) is 0 Å². The summed E-state index contributed by atoms with van der Waals surface area (Å²) in [6.45, 7) is 6.38. The predicted octanol–water partition coefficient (Wildman–Crippen LogP) is 2.35. The Morgan fingerprint density at radius 2 is 1.69 bits per heavy atom. The largest absolute Gasteiger partial charge is 0.379 e. The number of hydrogen-bond donors (Lipinski definition) is 1. The molecule has 1 saturated carbocycles. The standard InChI is InChI=1S/C13H27NO2/c1-2-15-11-12-16-10-6-4-3-5-9-14-13-7-8-13/h13-14H,2-12H2,1H3. The second kappa shape index (κ2) is 10.1. The number of hydrogen-bond acceptors (Lipinski definition) is 3. The van der Waals surface area contributed by atoms with E-state index in [2.05, 4.69) is 5.32 Å². The summed E-state index contributed by atoms with van der Waals surface area (Å²) < 4.78 is 10.6. The van der Waals surface area contributed by atoms with Crippen molar-refractivity contribution >= 4 is 0 Å². The van der Waals surface area contributed by atoms with E-state index in [1.54, 1.807) is 0 Å². The second-order valence-electron chi connectivity index (χ2n) is 4.45. The highest BCUT2D eigenvalue weighted by Gasteiger charge is 2.19. The van der Waals surface area contributed by atoms with Crippen molar-refractivity contribution in [1.29, 1.82) is 0 Å². The maximum absolute atomic E-state index is 5.45. The summed E-state index contributed by atoms with van der Waals surface area (Å²) in [7, 11) is 0. The van der Waals surface area contributed by atoms with Gasteiger partial charge in [-0.05, 0) is 39.2 Å². The van der Waals surface area contributed by atoms with Crippen LogP contribution in [0.4, 0.5) is 0 Å². The average Bonchev–Trinajstić information content (AvgIpc) is 3.10. The third kappa shape index (κ3) is 9.13. The molecule has 0 heterocycles. The molecule has 3 heteroatoms. The second-order valence-corrected chi connectivity index (χ2v) is 4.45. The third-order valence-corrected chi connectivity index (χ3v) is 2.80. The molecule has 0 aromatic rings. The zero-order valence-electron chi connectivity index (χ0n) is 10.7. The normalized spacial score (nSPS) is 15.6. The predicted molar refractivity (Wildman–Crippen MR) is 66.8 cm³/mol. The summed E-state index contributed by atoms with van der Waals surface area (Å²) in [6, 6.07) is 0.863. The molecule has 0 aromatic carbocycles. The highest BCUT2D eigenvalue weighted by atomic mass is 16.5. The lowest BCUT2D eigenvalue weighted by atomic mass is 10.2. The molecule has 3 nitrogen and oxygen atoms in total. The van der Waals surface area contributed by atoms with Crippen LogP contribution in [0.2, 0.25) is 0 Å². The number of rotatable bonds is 12. The summed E-state index contributed by atoms with van der Waals surface area (Å²) in [6.07, 6.45) is 7.92. The molecular weight excluding hydrogens is 202 g/mol. The van der Waals surface area contributed by atoms with Gasteiger partial charge in [-0.25, -0.2) is 0 Å². The first-order valence-electron chi connectivity index (χ1n) is 6.82. The van der Waals surface area contributed by atoms with Crippen LogP contribution in [-0.2, 0) is 9.47 Å². The Hall–Kier alpha value is -0.120. The Labute approximate surface area is 99.9 Å². The van der Waals surface area contributed by atoms with Gasteiger partial charge in [-0.2, -0.15) is 0 Å². The molecule has 0 unspecified atom stereocenters. The van der Waals surface area contributed by atoms with E-state index < -0.39 is 0 Å². The van der Waals surface area contributed by atoms with E-state index in [1.807, 2.05) is 6.92 Å². The van der Waals surface area contributed by atoms with Gasteiger partial charge in [0, 0.05) is 19.3 Å². The summed E-state index contributed by atoms with van der Waals surface area (Å²) in [5, 5.41) is 3.53. The summed E-state index contributed by atoms with van der Waals surface area (Å²) in [4.78, 5) is 0. The van der Waals surface area contributed by atoms with Gasteiger partial charge in [0.2, 0.25) is 0 Å². The van der Waals surface area contributed by atoms with Crippen molar-refractivity contribution < 1.29 is 9.47 Å². The van der Waals surface area contributed by atoms with Crippen molar-refractivity contribution in [1.82, 2.24) is 5.32 Å². The van der Waals surface area contributed by atoms with Gasteiger partial charge in [-0.1, -0.05) is 12.8 Å². The van der Waals surface area contributed by atoms with Crippen LogP contribution in [0.3, 0.4) is 0 Å². The molecule has 0 aliphatic heterocycles. The molecule has 0 bridgehead atoms. The number of ether oxygens (including phenoxy) is 2. The van der Waals surface area contributed by atoms with Gasteiger partial charge in [0.05, 0.1) is 13.2 Å². The lowest BCUT2D eigenvalue weighted by Gasteiger charge is -2.05. The third-order valence-electron chi connectivity index (χ3n) is 2.80. The van der Waals surface area contributed by atoms with Gasteiger partial charge in [-0.3, -0.25) is 0 Å². The summed E-state index contributed by atoms with van der Waals surface area (Å²) >= 11 is 0. The Balaban J connectivity index is 1.61. The van der Waals surface area contributed by atoms with E-state index in [1.165, 1.54) is 45.1 Å². The van der Waals surface area contributed by atoms with Crippen molar-refractivity contribution in [2.45, 2.75) is 51.5 Å². The van der Waals surface area contributed by atoms with Gasteiger partial charge >= 0.3 is 0 Å². The molecule has 1 N–H and O–H groups in total. The molecule has 0 amide bonds. The molecular formula is C13H27NO2. The van der Waals surface area contributed by atoms with E-state index in [0.29, 0.717) is 0 Å². The van der Waals surface area contributed by atoms with Gasteiger partial charge in [-0.15, -0.1) is 0 Å². The van der Waals surface area contributed by atoms with Crippen molar-refractivity contribution in [3.63, 3.8) is 0 Å². The van der Waals surface area contributed by atoms with E-state index in [9.17, 15) is 0 Å². The fourth-order valence-corrected chi connectivity index (χ4v) is 1.64. The molecule has 1 aliphatic rings. The Morgan fingerprint density at radius 3 is 2.44 bits per heavy atom. The van der Waals surface area contributed by atoms with Crippen LogP contribution in [0.1, 0.15) is 45.4 Å². The minimum absolute atomic E-state index is 0.738. The first kappa shape index (κ1) is 13.9. The summed E-state index contributed by atoms with van der Waals surface area (Å²) in [5.74, 6) is 0. The molecule has 1 aliphatic carbocycles. The van der Waals surface area contributed by atoms with Crippen molar-refractivity contribution in [2.75, 3.05) is 33.0 Å². The lowest BCUT2D eigenvalue weighted by molar-refractivity contribution is 0.0513. The van der Waals surface area contributed by atoms with Crippen LogP contribution >= 0.6 is 0 Å². The van der Waals surface area contributed by atoms with Crippen LogP contribution in [0, 0.1) is 0 Å². The maximum Gasteiger partial charge on any atom is 0.0700 e. The fourth-order valence-electron chi connectivity index (χ4n) is 1.64. The van der Waals surface area contributed by atoms with Gasteiger partial charge < -0.3 is 14.8 Å². The van der Waals surface area contributed by atoms with E-state index in [-0.39, 0.29) is 0 Å². The molecule has 16 heavy (non-hydrogen) atoms. The van der Waals surface area contributed by atoms with Crippen LogP contribution in [0.25, 0.3) is 0 Å². The molecule has 0 radical (unpaired) electrons. The molecule has 96 valence electrons. The van der Waals surface area contributed by atoms with Crippen LogP contribution in [0.15, 0.2) is 0 Å². The van der Waals surface area contributed by atoms with E-state index in [0.717, 1.165) is 32.5 Å². The Morgan fingerprint density at radius 1 is 0.938 bits per heavy atom. The average molecular weight is 229 g/mol. The zero-order valence-corrected chi connectivity index (χ0v) is 10.7. The fraction of sp³-hybridized carbons (Fsp3) is 1.00. The summed E-state index contributed by atoms with van der Waals surface area (Å²) in [5.41, 5.74) is 0. The number of nitrogens with one attached hydrogen (secondary N) is 1. The van der Waals surface area contributed by atoms with Crippen LogP contribution < -0.4 is 5.32 Å². The monoisotopic (exact) mass is 229 g/mol. The first-order chi connectivity index (χ1) is 7.93. The molecule has 0 atom stereocenters. The molecule has 0 spiro atoms. The van der Waals surface area contributed by atoms with Crippen molar-refractivity contribution in [3.8, 4) is 0 Å². The first-order valence-corrected chi connectivity index (χ1v) is 6.82. The molecule has 0 saturated heterocycles. The number of unbranched alkanes of at least 4 members (excludes halogenated alkanes) is 3. The minimum Gasteiger partial charge on any atom is -0.379 e. The van der Waals surface area contributed by atoms with Crippen LogP contribution in [0.5, 0.6) is 0 Å². The van der Waals surface area contributed by atoms with Crippen molar-refractivity contribution in [3.05, 3.63) is 0 Å². The minimum atomic E-state index is 0.738. The van der Waals surface area contributed by atoms with Gasteiger partial charge in [0.15, 0.2) is 0 Å². The SMILES string of the molecule is CCOCCOCCCCCCNC1CC1. The topological polar surface area (TPSA) is 30.5 Å². The molecule has 1 fully saturated rings. The van der Waals surface area contributed by atoms with Crippen LogP contribution in [-0.4, -0.2) is 39.0 Å². The lowest BCUT2D eigenvalue weighted by Crippen LogP contribution is -2.17. The maximum atomic E-state index is 5.45. The Kier molecular flexibility index (Phi) is 8.77. The Bertz CT molecular complexity index is 149. The molecule has 1 rings (SSSR count). The van der Waals surface area contributed by atoms with Gasteiger partial charge in [0.25, 0.3) is 0 Å². The van der Waals surface area contributed by atoms with E-state index >= 15 is 0 Å². The smallest absolute Gasteiger partial charge is 0.0700 e. The highest BCUT2D eigenvalue weighted by Crippen LogP contribution is 2.18. The quantitative estimate of drug-likeness (QED) is 0.521. The highest BCUT2D eigenvalue weighted by molar-refractivity contribution is 4.80.